The fourth-order valence-corrected chi connectivity index (χ4v) is 3.63. The second-order valence-electron chi connectivity index (χ2n) is 7.82. The number of carbonyl (C=O) groups is 1. The Balaban J connectivity index is 1.77. The standard InChI is InChI=1S/C20H21F3N6O/c1-19(2)14(18(25)30)5-16(19)29-15-6-17(27-9-11(15)7-24)28-10-12-8-26-4-3-13(12)20(21,22)23/h3-4,6,8-9,14,16H,5,10H2,1-2H3,(H2,25,30)(H2,27,28,29)/t14-,16-/m1/s1. The zero-order chi connectivity index (χ0) is 22.1. The van der Waals surface area contributed by atoms with Crippen molar-refractivity contribution in [2.24, 2.45) is 17.1 Å². The van der Waals surface area contributed by atoms with Crippen LogP contribution in [0.25, 0.3) is 0 Å². The highest BCUT2D eigenvalue weighted by Crippen LogP contribution is 2.47. The molecule has 0 aliphatic heterocycles. The van der Waals surface area contributed by atoms with Crippen LogP contribution in [0.2, 0.25) is 0 Å². The number of anilines is 2. The number of nitrogens with zero attached hydrogens (tertiary/aromatic N) is 3. The van der Waals surface area contributed by atoms with E-state index in [1.54, 1.807) is 6.07 Å². The third-order valence-corrected chi connectivity index (χ3v) is 5.63. The summed E-state index contributed by atoms with van der Waals surface area (Å²) < 4.78 is 39.4. The molecule has 3 rings (SSSR count). The number of halogens is 3. The van der Waals surface area contributed by atoms with Crippen molar-refractivity contribution < 1.29 is 18.0 Å². The highest BCUT2D eigenvalue weighted by Gasteiger charge is 2.51. The molecule has 0 bridgehead atoms. The number of aromatic nitrogens is 2. The lowest BCUT2D eigenvalue weighted by Gasteiger charge is -2.51. The number of nitriles is 1. The van der Waals surface area contributed by atoms with Gasteiger partial charge in [0.05, 0.1) is 16.8 Å². The molecule has 1 saturated carbocycles. The molecule has 2 aromatic heterocycles. The van der Waals surface area contributed by atoms with Gasteiger partial charge in [-0.15, -0.1) is 0 Å². The first-order chi connectivity index (χ1) is 14.0. The van der Waals surface area contributed by atoms with Crippen LogP contribution in [-0.2, 0) is 17.5 Å². The average molecular weight is 418 g/mol. The lowest BCUT2D eigenvalue weighted by Crippen LogP contribution is -2.57. The fourth-order valence-electron chi connectivity index (χ4n) is 3.63. The smallest absolute Gasteiger partial charge is 0.380 e. The van der Waals surface area contributed by atoms with Crippen LogP contribution in [-0.4, -0.2) is 21.9 Å². The first kappa shape index (κ1) is 21.4. The van der Waals surface area contributed by atoms with E-state index in [2.05, 4.69) is 20.6 Å². The SMILES string of the molecule is CC1(C)[C@@H](C(N)=O)C[C@H]1Nc1cc(NCc2cnccc2C(F)(F)F)ncc1C#N. The normalized spacial score (nSPS) is 20.0. The van der Waals surface area contributed by atoms with Crippen molar-refractivity contribution in [2.75, 3.05) is 10.6 Å². The fraction of sp³-hybridized carbons (Fsp3) is 0.400. The predicted molar refractivity (Wildman–Crippen MR) is 104 cm³/mol. The van der Waals surface area contributed by atoms with Crippen LogP contribution in [0.15, 0.2) is 30.7 Å². The summed E-state index contributed by atoms with van der Waals surface area (Å²) in [5, 5.41) is 15.5. The molecule has 158 valence electrons. The molecule has 2 aromatic rings. The van der Waals surface area contributed by atoms with Crippen molar-refractivity contribution in [3.8, 4) is 6.07 Å². The number of amides is 1. The van der Waals surface area contributed by atoms with Gasteiger partial charge in [-0.1, -0.05) is 13.8 Å². The van der Waals surface area contributed by atoms with Crippen LogP contribution in [0.3, 0.4) is 0 Å². The Kier molecular flexibility index (Phi) is 5.57. The molecule has 1 fully saturated rings. The largest absolute Gasteiger partial charge is 0.416 e. The molecular formula is C20H21F3N6O. The van der Waals surface area contributed by atoms with E-state index in [9.17, 15) is 23.2 Å². The minimum absolute atomic E-state index is 0.0184. The van der Waals surface area contributed by atoms with Crippen LogP contribution in [0.5, 0.6) is 0 Å². The molecule has 1 aliphatic carbocycles. The molecule has 0 unspecified atom stereocenters. The minimum Gasteiger partial charge on any atom is -0.380 e. The summed E-state index contributed by atoms with van der Waals surface area (Å²) in [6.07, 6.45) is -0.371. The first-order valence-corrected chi connectivity index (χ1v) is 9.24. The van der Waals surface area contributed by atoms with Gasteiger partial charge < -0.3 is 16.4 Å². The van der Waals surface area contributed by atoms with Crippen molar-refractivity contribution in [2.45, 2.75) is 39.0 Å². The number of hydrogen-bond donors (Lipinski definition) is 3. The number of nitrogens with two attached hydrogens (primary N) is 1. The third kappa shape index (κ3) is 4.15. The van der Waals surface area contributed by atoms with E-state index in [1.807, 2.05) is 19.9 Å². The summed E-state index contributed by atoms with van der Waals surface area (Å²) in [7, 11) is 0. The molecule has 0 radical (unpaired) electrons. The van der Waals surface area contributed by atoms with Crippen LogP contribution in [0.4, 0.5) is 24.7 Å². The Morgan fingerprint density at radius 1 is 1.40 bits per heavy atom. The van der Waals surface area contributed by atoms with Gasteiger partial charge in [0.2, 0.25) is 5.91 Å². The molecule has 1 aliphatic rings. The Morgan fingerprint density at radius 2 is 2.13 bits per heavy atom. The van der Waals surface area contributed by atoms with E-state index in [1.165, 1.54) is 6.20 Å². The van der Waals surface area contributed by atoms with E-state index in [0.717, 1.165) is 18.5 Å². The van der Waals surface area contributed by atoms with Gasteiger partial charge in [0.1, 0.15) is 11.9 Å². The molecule has 0 saturated heterocycles. The van der Waals surface area contributed by atoms with E-state index in [-0.39, 0.29) is 35.5 Å². The monoisotopic (exact) mass is 418 g/mol. The van der Waals surface area contributed by atoms with Crippen molar-refractivity contribution >= 4 is 17.4 Å². The first-order valence-electron chi connectivity index (χ1n) is 9.24. The van der Waals surface area contributed by atoms with Gasteiger partial charge in [-0.3, -0.25) is 9.78 Å². The molecule has 10 heteroatoms. The average Bonchev–Trinajstić information content (AvgIpc) is 2.68. The molecule has 1 amide bonds. The molecular weight excluding hydrogens is 397 g/mol. The van der Waals surface area contributed by atoms with Gasteiger partial charge in [-0.25, -0.2) is 4.98 Å². The highest BCUT2D eigenvalue weighted by molar-refractivity contribution is 5.79. The number of nitrogens with one attached hydrogen (secondary N) is 2. The van der Waals surface area contributed by atoms with Gasteiger partial charge in [0.25, 0.3) is 0 Å². The van der Waals surface area contributed by atoms with E-state index < -0.39 is 17.2 Å². The van der Waals surface area contributed by atoms with Gasteiger partial charge in [0, 0.05) is 48.7 Å². The number of pyridine rings is 2. The second kappa shape index (κ2) is 7.82. The highest BCUT2D eigenvalue weighted by atomic mass is 19.4. The molecule has 2 heterocycles. The van der Waals surface area contributed by atoms with Crippen LogP contribution in [0.1, 0.15) is 37.0 Å². The van der Waals surface area contributed by atoms with Gasteiger partial charge >= 0.3 is 6.18 Å². The maximum atomic E-state index is 13.1. The number of hydrogen-bond acceptors (Lipinski definition) is 6. The lowest BCUT2D eigenvalue weighted by molar-refractivity contribution is -0.138. The zero-order valence-corrected chi connectivity index (χ0v) is 16.4. The molecule has 30 heavy (non-hydrogen) atoms. The maximum Gasteiger partial charge on any atom is 0.416 e. The summed E-state index contributed by atoms with van der Waals surface area (Å²) in [4.78, 5) is 19.4. The minimum atomic E-state index is -4.49. The summed E-state index contributed by atoms with van der Waals surface area (Å²) >= 11 is 0. The summed E-state index contributed by atoms with van der Waals surface area (Å²) in [6, 6.07) is 4.43. The summed E-state index contributed by atoms with van der Waals surface area (Å²) in [6.45, 7) is 3.69. The Bertz CT molecular complexity index is 999. The Morgan fingerprint density at radius 3 is 2.73 bits per heavy atom. The van der Waals surface area contributed by atoms with Crippen molar-refractivity contribution in [1.29, 1.82) is 5.26 Å². The second-order valence-corrected chi connectivity index (χ2v) is 7.82. The maximum absolute atomic E-state index is 13.1. The zero-order valence-electron chi connectivity index (χ0n) is 16.4. The van der Waals surface area contributed by atoms with Crippen molar-refractivity contribution in [3.05, 3.63) is 47.4 Å². The van der Waals surface area contributed by atoms with Gasteiger partial charge in [0.15, 0.2) is 0 Å². The quantitative estimate of drug-likeness (QED) is 0.663. The third-order valence-electron chi connectivity index (χ3n) is 5.63. The summed E-state index contributed by atoms with van der Waals surface area (Å²) in [5.41, 5.74) is 5.01. The summed E-state index contributed by atoms with van der Waals surface area (Å²) in [5.74, 6) is -0.337. The van der Waals surface area contributed by atoms with Crippen LogP contribution in [0, 0.1) is 22.7 Å². The lowest BCUT2D eigenvalue weighted by atomic mass is 9.58. The molecule has 0 aromatic carbocycles. The number of primary amides is 1. The Labute approximate surface area is 171 Å². The van der Waals surface area contributed by atoms with Crippen molar-refractivity contribution in [3.63, 3.8) is 0 Å². The molecule has 7 nitrogen and oxygen atoms in total. The topological polar surface area (TPSA) is 117 Å². The van der Waals surface area contributed by atoms with Gasteiger partial charge in [-0.05, 0) is 17.9 Å². The molecule has 2 atom stereocenters. The van der Waals surface area contributed by atoms with E-state index in [0.29, 0.717) is 17.9 Å². The molecule has 0 spiro atoms. The van der Waals surface area contributed by atoms with E-state index >= 15 is 0 Å². The number of rotatable bonds is 6. The predicted octanol–water partition coefficient (Wildman–Crippen LogP) is 3.29. The molecule has 4 N–H and O–H groups in total. The van der Waals surface area contributed by atoms with Crippen molar-refractivity contribution in [1.82, 2.24) is 9.97 Å². The Hall–Kier alpha value is -3.35. The van der Waals surface area contributed by atoms with Crippen LogP contribution >= 0.6 is 0 Å². The number of carbonyl (C=O) groups excluding carboxylic acids is 1. The van der Waals surface area contributed by atoms with Crippen LogP contribution < -0.4 is 16.4 Å². The van der Waals surface area contributed by atoms with E-state index in [4.69, 9.17) is 5.73 Å². The number of alkyl halides is 3. The van der Waals surface area contributed by atoms with Gasteiger partial charge in [-0.2, -0.15) is 18.4 Å².